The van der Waals surface area contributed by atoms with Crippen LogP contribution in [0.4, 0.5) is 0 Å². The van der Waals surface area contributed by atoms with Crippen molar-refractivity contribution in [1.29, 1.82) is 0 Å². The monoisotopic (exact) mass is 263 g/mol. The van der Waals surface area contributed by atoms with E-state index in [0.717, 1.165) is 0 Å². The average Bonchev–Trinajstić information content (AvgIpc) is 2.71. The SMILES string of the molecule is Cn1cnc(S(=O)(=O)NCCCOCCO)c1. The van der Waals surface area contributed by atoms with Crippen LogP contribution in [0.3, 0.4) is 0 Å². The maximum Gasteiger partial charge on any atom is 0.259 e. The van der Waals surface area contributed by atoms with E-state index in [1.165, 1.54) is 12.5 Å². The van der Waals surface area contributed by atoms with E-state index in [0.29, 0.717) is 13.0 Å². The van der Waals surface area contributed by atoms with Crippen molar-refractivity contribution in [2.24, 2.45) is 7.05 Å². The lowest BCUT2D eigenvalue weighted by Gasteiger charge is -2.04. The van der Waals surface area contributed by atoms with Gasteiger partial charge in [0.05, 0.1) is 19.5 Å². The molecule has 0 unspecified atom stereocenters. The second kappa shape index (κ2) is 6.70. The lowest BCUT2D eigenvalue weighted by molar-refractivity contribution is 0.0913. The third-order valence-corrected chi connectivity index (χ3v) is 3.30. The van der Waals surface area contributed by atoms with E-state index in [2.05, 4.69) is 9.71 Å². The highest BCUT2D eigenvalue weighted by Crippen LogP contribution is 2.03. The molecule has 0 radical (unpaired) electrons. The minimum absolute atomic E-state index is 0.0104. The third kappa shape index (κ3) is 4.82. The number of hydrogen-bond acceptors (Lipinski definition) is 5. The molecule has 1 heterocycles. The topological polar surface area (TPSA) is 93.5 Å². The number of nitrogens with zero attached hydrogens (tertiary/aromatic N) is 2. The Bertz CT molecular complexity index is 429. The fourth-order valence-corrected chi connectivity index (χ4v) is 2.20. The van der Waals surface area contributed by atoms with Gasteiger partial charge < -0.3 is 14.4 Å². The summed E-state index contributed by atoms with van der Waals surface area (Å²) in [4.78, 5) is 3.76. The molecule has 0 saturated carbocycles. The Morgan fingerprint density at radius 2 is 2.29 bits per heavy atom. The van der Waals surface area contributed by atoms with Crippen LogP contribution in [0.2, 0.25) is 0 Å². The normalized spacial score (nSPS) is 11.9. The van der Waals surface area contributed by atoms with E-state index < -0.39 is 10.0 Å². The number of sulfonamides is 1. The molecule has 17 heavy (non-hydrogen) atoms. The van der Waals surface area contributed by atoms with Crippen molar-refractivity contribution in [2.75, 3.05) is 26.4 Å². The first-order chi connectivity index (χ1) is 8.06. The van der Waals surface area contributed by atoms with Gasteiger partial charge in [-0.05, 0) is 6.42 Å². The van der Waals surface area contributed by atoms with Gasteiger partial charge in [-0.15, -0.1) is 0 Å². The van der Waals surface area contributed by atoms with Gasteiger partial charge in [0.2, 0.25) is 0 Å². The Morgan fingerprint density at radius 1 is 1.53 bits per heavy atom. The summed E-state index contributed by atoms with van der Waals surface area (Å²) in [6.07, 6.45) is 3.41. The summed E-state index contributed by atoms with van der Waals surface area (Å²) in [6, 6.07) is 0. The zero-order valence-corrected chi connectivity index (χ0v) is 10.5. The molecular weight excluding hydrogens is 246 g/mol. The van der Waals surface area contributed by atoms with Gasteiger partial charge in [0.25, 0.3) is 10.0 Å². The largest absolute Gasteiger partial charge is 0.394 e. The number of aliphatic hydroxyl groups is 1. The molecule has 98 valence electrons. The van der Waals surface area contributed by atoms with Crippen molar-refractivity contribution in [1.82, 2.24) is 14.3 Å². The number of aryl methyl sites for hydroxylation is 1. The molecule has 7 nitrogen and oxygen atoms in total. The molecule has 8 heteroatoms. The van der Waals surface area contributed by atoms with Crippen LogP contribution in [0, 0.1) is 0 Å². The fourth-order valence-electron chi connectivity index (χ4n) is 1.15. The van der Waals surface area contributed by atoms with E-state index in [1.54, 1.807) is 11.6 Å². The summed E-state index contributed by atoms with van der Waals surface area (Å²) in [7, 11) is -1.82. The van der Waals surface area contributed by atoms with E-state index >= 15 is 0 Å². The molecule has 0 bridgehead atoms. The number of imidazole rings is 1. The second-order valence-corrected chi connectivity index (χ2v) is 5.18. The van der Waals surface area contributed by atoms with Gasteiger partial charge in [0.15, 0.2) is 5.03 Å². The smallest absolute Gasteiger partial charge is 0.259 e. The lowest BCUT2D eigenvalue weighted by atomic mass is 10.5. The van der Waals surface area contributed by atoms with Crippen LogP contribution in [0.1, 0.15) is 6.42 Å². The lowest BCUT2D eigenvalue weighted by Crippen LogP contribution is -2.26. The first-order valence-electron chi connectivity index (χ1n) is 5.22. The van der Waals surface area contributed by atoms with Crippen molar-refractivity contribution < 1.29 is 18.3 Å². The standard InChI is InChI=1S/C9H17N3O4S/c1-12-7-9(10-8-12)17(14,15)11-3-2-5-16-6-4-13/h7-8,11,13H,2-6H2,1H3. The summed E-state index contributed by atoms with van der Waals surface area (Å²) in [5.41, 5.74) is 0. The molecule has 0 aromatic carbocycles. The van der Waals surface area contributed by atoms with Crippen LogP contribution in [-0.2, 0) is 21.8 Å². The van der Waals surface area contributed by atoms with Crippen molar-refractivity contribution in [3.8, 4) is 0 Å². The van der Waals surface area contributed by atoms with Crippen LogP contribution in [0.5, 0.6) is 0 Å². The number of ether oxygens (including phenoxy) is 1. The third-order valence-electron chi connectivity index (χ3n) is 1.95. The van der Waals surface area contributed by atoms with Crippen molar-refractivity contribution >= 4 is 10.0 Å². The first-order valence-corrected chi connectivity index (χ1v) is 6.71. The van der Waals surface area contributed by atoms with Crippen molar-refractivity contribution in [3.05, 3.63) is 12.5 Å². The number of aliphatic hydroxyl groups excluding tert-OH is 1. The molecule has 2 N–H and O–H groups in total. The molecule has 0 amide bonds. The number of rotatable bonds is 8. The van der Waals surface area contributed by atoms with Crippen LogP contribution in [-0.4, -0.2) is 49.4 Å². The van der Waals surface area contributed by atoms with Gasteiger partial charge in [-0.1, -0.05) is 0 Å². The van der Waals surface area contributed by atoms with Crippen LogP contribution >= 0.6 is 0 Å². The van der Waals surface area contributed by atoms with E-state index in [9.17, 15) is 8.42 Å². The summed E-state index contributed by atoms with van der Waals surface area (Å²) in [6.45, 7) is 0.933. The molecule has 1 aromatic rings. The number of aromatic nitrogens is 2. The molecular formula is C9H17N3O4S. The average molecular weight is 263 g/mol. The molecule has 0 aliphatic heterocycles. The molecule has 0 fully saturated rings. The maximum absolute atomic E-state index is 11.7. The predicted octanol–water partition coefficient (Wildman–Crippen LogP) is -0.903. The Labute approximate surface area is 100 Å². The second-order valence-electron chi connectivity index (χ2n) is 3.46. The molecule has 1 rings (SSSR count). The van der Waals surface area contributed by atoms with Crippen molar-refractivity contribution in [2.45, 2.75) is 11.4 Å². The van der Waals surface area contributed by atoms with Gasteiger partial charge in [-0.2, -0.15) is 0 Å². The Balaban J connectivity index is 2.31. The summed E-state index contributed by atoms with van der Waals surface area (Å²) < 4.78 is 32.3. The molecule has 0 aliphatic carbocycles. The minimum atomic E-state index is -3.52. The summed E-state index contributed by atoms with van der Waals surface area (Å²) in [5, 5.41) is 8.47. The Kier molecular flexibility index (Phi) is 5.56. The van der Waals surface area contributed by atoms with E-state index in [1.807, 2.05) is 0 Å². The Morgan fingerprint density at radius 3 is 2.88 bits per heavy atom. The zero-order valence-electron chi connectivity index (χ0n) is 9.66. The molecule has 0 saturated heterocycles. The van der Waals surface area contributed by atoms with Gasteiger partial charge in [0.1, 0.15) is 0 Å². The highest BCUT2D eigenvalue weighted by molar-refractivity contribution is 7.89. The van der Waals surface area contributed by atoms with Crippen LogP contribution in [0.25, 0.3) is 0 Å². The first kappa shape index (κ1) is 14.1. The quantitative estimate of drug-likeness (QED) is 0.593. The zero-order chi connectivity index (χ0) is 12.7. The van der Waals surface area contributed by atoms with E-state index in [-0.39, 0.29) is 24.8 Å². The highest BCUT2D eigenvalue weighted by Gasteiger charge is 2.15. The maximum atomic E-state index is 11.7. The van der Waals surface area contributed by atoms with E-state index in [4.69, 9.17) is 9.84 Å². The minimum Gasteiger partial charge on any atom is -0.394 e. The van der Waals surface area contributed by atoms with Gasteiger partial charge in [0, 0.05) is 26.4 Å². The summed E-state index contributed by atoms with van der Waals surface area (Å²) in [5.74, 6) is 0. The van der Waals surface area contributed by atoms with Crippen molar-refractivity contribution in [3.63, 3.8) is 0 Å². The highest BCUT2D eigenvalue weighted by atomic mass is 32.2. The number of hydrogen-bond donors (Lipinski definition) is 2. The van der Waals surface area contributed by atoms with Gasteiger partial charge in [-0.25, -0.2) is 18.1 Å². The van der Waals surface area contributed by atoms with Crippen LogP contribution < -0.4 is 4.72 Å². The molecule has 1 aromatic heterocycles. The Hall–Kier alpha value is -0.960. The van der Waals surface area contributed by atoms with Gasteiger partial charge >= 0.3 is 0 Å². The summed E-state index contributed by atoms with van der Waals surface area (Å²) >= 11 is 0. The fraction of sp³-hybridized carbons (Fsp3) is 0.667. The van der Waals surface area contributed by atoms with Gasteiger partial charge in [-0.3, -0.25) is 0 Å². The molecule has 0 spiro atoms. The predicted molar refractivity (Wildman–Crippen MR) is 60.9 cm³/mol. The molecule has 0 atom stereocenters. The molecule has 0 aliphatic rings. The van der Waals surface area contributed by atoms with Crippen LogP contribution in [0.15, 0.2) is 17.6 Å². The number of nitrogens with one attached hydrogen (secondary N) is 1.